The Morgan fingerprint density at radius 3 is 3.00 bits per heavy atom. The third-order valence-corrected chi connectivity index (χ3v) is 5.57. The molecule has 2 bridgehead atoms. The fourth-order valence-corrected chi connectivity index (χ4v) is 4.07. The Kier molecular flexibility index (Phi) is 3.26. The van der Waals surface area contributed by atoms with Crippen molar-refractivity contribution in [2.24, 2.45) is 5.92 Å². The van der Waals surface area contributed by atoms with Crippen molar-refractivity contribution in [3.05, 3.63) is 29.3 Å². The largest absolute Gasteiger partial charge is 0.508 e. The Morgan fingerprint density at radius 1 is 1.45 bits per heavy atom. The van der Waals surface area contributed by atoms with Gasteiger partial charge in [-0.2, -0.15) is 0 Å². The van der Waals surface area contributed by atoms with Gasteiger partial charge in [-0.3, -0.25) is 4.90 Å². The van der Waals surface area contributed by atoms with Gasteiger partial charge >= 0.3 is 0 Å². The normalized spacial score (nSPS) is 32.1. The molecule has 1 fully saturated rings. The number of phenols is 1. The first-order valence-corrected chi connectivity index (χ1v) is 7.52. The molecule has 20 heavy (non-hydrogen) atoms. The zero-order valence-electron chi connectivity index (χ0n) is 12.6. The van der Waals surface area contributed by atoms with Crippen molar-refractivity contribution in [3.8, 4) is 17.6 Å². The Balaban J connectivity index is 2.01. The molecule has 0 spiro atoms. The Morgan fingerprint density at radius 2 is 2.25 bits per heavy atom. The highest BCUT2D eigenvalue weighted by molar-refractivity contribution is 5.44. The number of nitrogens with zero attached hydrogens (tertiary/aromatic N) is 1. The quantitative estimate of drug-likeness (QED) is 0.792. The van der Waals surface area contributed by atoms with Crippen LogP contribution in [0, 0.1) is 17.8 Å². The van der Waals surface area contributed by atoms with Gasteiger partial charge in [0, 0.05) is 12.6 Å². The molecule has 0 saturated carbocycles. The van der Waals surface area contributed by atoms with E-state index in [9.17, 15) is 5.11 Å². The zero-order chi connectivity index (χ0) is 14.3. The first-order valence-electron chi connectivity index (χ1n) is 7.52. The molecule has 2 heteroatoms. The second-order valence-corrected chi connectivity index (χ2v) is 6.47. The van der Waals surface area contributed by atoms with Crippen molar-refractivity contribution in [2.75, 3.05) is 13.1 Å². The summed E-state index contributed by atoms with van der Waals surface area (Å²) < 4.78 is 0. The molecule has 0 amide bonds. The fourth-order valence-electron chi connectivity index (χ4n) is 4.07. The predicted molar refractivity (Wildman–Crippen MR) is 81.8 cm³/mol. The lowest BCUT2D eigenvalue weighted by atomic mass is 9.59. The maximum atomic E-state index is 9.83. The van der Waals surface area contributed by atoms with Crippen LogP contribution in [-0.2, 0) is 11.8 Å². The van der Waals surface area contributed by atoms with Crippen LogP contribution >= 0.6 is 0 Å². The summed E-state index contributed by atoms with van der Waals surface area (Å²) in [6.07, 6.45) is 2.23. The molecule has 0 unspecified atom stereocenters. The van der Waals surface area contributed by atoms with Gasteiger partial charge in [0.25, 0.3) is 0 Å². The third-order valence-electron chi connectivity index (χ3n) is 5.57. The number of rotatable bonds is 1. The van der Waals surface area contributed by atoms with E-state index in [-0.39, 0.29) is 5.41 Å². The molecule has 1 heterocycles. The summed E-state index contributed by atoms with van der Waals surface area (Å²) in [5.74, 6) is 7.24. The third kappa shape index (κ3) is 1.93. The highest BCUT2D eigenvalue weighted by Crippen LogP contribution is 2.49. The molecule has 2 aliphatic rings. The number of benzene rings is 1. The van der Waals surface area contributed by atoms with E-state index in [1.807, 2.05) is 19.1 Å². The van der Waals surface area contributed by atoms with Gasteiger partial charge in [0.2, 0.25) is 0 Å². The molecule has 1 aliphatic carbocycles. The smallest absolute Gasteiger partial charge is 0.115 e. The number of aromatic hydroxyl groups is 1. The summed E-state index contributed by atoms with van der Waals surface area (Å²) in [7, 11) is 0. The summed E-state index contributed by atoms with van der Waals surface area (Å²) in [5, 5.41) is 9.83. The first-order chi connectivity index (χ1) is 9.56. The van der Waals surface area contributed by atoms with Crippen LogP contribution in [0.25, 0.3) is 0 Å². The van der Waals surface area contributed by atoms with Gasteiger partial charge in [-0.25, -0.2) is 0 Å². The fraction of sp³-hybridized carbons (Fsp3) is 0.556. The van der Waals surface area contributed by atoms with Crippen LogP contribution in [0.4, 0.5) is 0 Å². The minimum Gasteiger partial charge on any atom is -0.508 e. The van der Waals surface area contributed by atoms with Crippen LogP contribution in [0.1, 0.15) is 38.3 Å². The van der Waals surface area contributed by atoms with E-state index in [1.165, 1.54) is 11.1 Å². The van der Waals surface area contributed by atoms with Gasteiger partial charge in [0.1, 0.15) is 5.75 Å². The van der Waals surface area contributed by atoms with E-state index >= 15 is 0 Å². The Bertz CT molecular complexity index is 583. The van der Waals surface area contributed by atoms with Crippen molar-refractivity contribution in [2.45, 2.75) is 45.1 Å². The van der Waals surface area contributed by atoms with Gasteiger partial charge in [0.05, 0.1) is 6.54 Å². The highest BCUT2D eigenvalue weighted by Gasteiger charge is 2.48. The van der Waals surface area contributed by atoms with Gasteiger partial charge in [-0.15, -0.1) is 5.92 Å². The topological polar surface area (TPSA) is 23.5 Å². The lowest BCUT2D eigenvalue weighted by molar-refractivity contribution is 0.0412. The number of likely N-dealkylation sites (tertiary alicyclic amines) is 1. The van der Waals surface area contributed by atoms with Crippen molar-refractivity contribution in [1.82, 2.24) is 4.90 Å². The SMILES string of the molecule is CC#CCN1CC[C@@]2(C)c3cc(O)ccc3C[C@H]1[C@H]2C. The van der Waals surface area contributed by atoms with Crippen molar-refractivity contribution >= 4 is 0 Å². The number of piperidine rings is 1. The first kappa shape index (κ1) is 13.5. The number of hydrogen-bond donors (Lipinski definition) is 1. The van der Waals surface area contributed by atoms with E-state index in [4.69, 9.17) is 0 Å². The number of fused-ring (bicyclic) bond motifs is 4. The molecule has 1 aromatic carbocycles. The molecule has 1 saturated heterocycles. The van der Waals surface area contributed by atoms with Crippen molar-refractivity contribution < 1.29 is 5.11 Å². The van der Waals surface area contributed by atoms with Crippen LogP contribution in [0.15, 0.2) is 18.2 Å². The molecule has 2 nitrogen and oxygen atoms in total. The molecular formula is C18H23NO. The lowest BCUT2D eigenvalue weighted by Crippen LogP contribution is -2.57. The Labute approximate surface area is 121 Å². The van der Waals surface area contributed by atoms with E-state index in [0.29, 0.717) is 17.7 Å². The number of hydrogen-bond acceptors (Lipinski definition) is 2. The van der Waals surface area contributed by atoms with Crippen LogP contribution in [0.3, 0.4) is 0 Å². The summed E-state index contributed by atoms with van der Waals surface area (Å²) in [5.41, 5.74) is 2.96. The van der Waals surface area contributed by atoms with Crippen molar-refractivity contribution in [1.29, 1.82) is 0 Å². The molecule has 3 atom stereocenters. The molecule has 0 aromatic heterocycles. The lowest BCUT2D eigenvalue weighted by Gasteiger charge is -2.54. The minimum absolute atomic E-state index is 0.188. The molecule has 3 rings (SSSR count). The second-order valence-electron chi connectivity index (χ2n) is 6.47. The maximum Gasteiger partial charge on any atom is 0.115 e. The second kappa shape index (κ2) is 4.82. The van der Waals surface area contributed by atoms with Crippen LogP contribution in [0.5, 0.6) is 5.75 Å². The monoisotopic (exact) mass is 269 g/mol. The van der Waals surface area contributed by atoms with Gasteiger partial charge < -0.3 is 5.11 Å². The average Bonchev–Trinajstić information content (AvgIpc) is 2.43. The summed E-state index contributed by atoms with van der Waals surface area (Å²) >= 11 is 0. The molecule has 106 valence electrons. The van der Waals surface area contributed by atoms with Crippen LogP contribution < -0.4 is 0 Å². The summed E-state index contributed by atoms with van der Waals surface area (Å²) in [4.78, 5) is 2.54. The van der Waals surface area contributed by atoms with E-state index in [2.05, 4.69) is 36.7 Å². The molecular weight excluding hydrogens is 246 g/mol. The molecule has 1 aromatic rings. The van der Waals surface area contributed by atoms with Gasteiger partial charge in [-0.05, 0) is 54.4 Å². The standard InChI is InChI=1S/C18H23NO/c1-4-5-9-19-10-8-18(3)13(2)17(19)11-14-6-7-15(20)12-16(14)18/h6-7,12-13,17,20H,8-11H2,1-3H3/t13-,17+,18-/m1/s1. The zero-order valence-corrected chi connectivity index (χ0v) is 12.6. The predicted octanol–water partition coefficient (Wildman–Crippen LogP) is 2.94. The molecule has 1 aliphatic heterocycles. The Hall–Kier alpha value is -1.46. The van der Waals surface area contributed by atoms with E-state index < -0.39 is 0 Å². The highest BCUT2D eigenvalue weighted by atomic mass is 16.3. The minimum atomic E-state index is 0.188. The summed E-state index contributed by atoms with van der Waals surface area (Å²) in [6, 6.07) is 6.50. The maximum absolute atomic E-state index is 9.83. The molecule has 0 radical (unpaired) electrons. The van der Waals surface area contributed by atoms with Crippen molar-refractivity contribution in [3.63, 3.8) is 0 Å². The molecule has 1 N–H and O–H groups in total. The van der Waals surface area contributed by atoms with Crippen LogP contribution in [-0.4, -0.2) is 29.1 Å². The number of phenolic OH excluding ortho intramolecular Hbond substituents is 1. The average molecular weight is 269 g/mol. The van der Waals surface area contributed by atoms with E-state index in [0.717, 1.165) is 25.9 Å². The van der Waals surface area contributed by atoms with Gasteiger partial charge in [0.15, 0.2) is 0 Å². The van der Waals surface area contributed by atoms with Gasteiger partial charge in [-0.1, -0.05) is 25.8 Å². The summed E-state index contributed by atoms with van der Waals surface area (Å²) in [6.45, 7) is 8.63. The van der Waals surface area contributed by atoms with E-state index in [1.54, 1.807) is 0 Å². The van der Waals surface area contributed by atoms with Crippen LogP contribution in [0.2, 0.25) is 0 Å².